The summed E-state index contributed by atoms with van der Waals surface area (Å²) in [6.45, 7) is -0.250. The summed E-state index contributed by atoms with van der Waals surface area (Å²) in [5.41, 5.74) is 1.38. The van der Waals surface area contributed by atoms with Gasteiger partial charge in [0.15, 0.2) is 5.69 Å². The number of hydrogen-bond acceptors (Lipinski definition) is 4. The normalized spacial score (nSPS) is 25.2. The van der Waals surface area contributed by atoms with Gasteiger partial charge in [-0.15, -0.1) is 0 Å². The molecule has 2 fully saturated rings. The maximum absolute atomic E-state index is 12.7. The van der Waals surface area contributed by atoms with E-state index in [1.54, 1.807) is 0 Å². The Balaban J connectivity index is 0.000000613. The number of nitrogens with one attached hydrogen (secondary N) is 2. The molecule has 2 aliphatic rings. The zero-order chi connectivity index (χ0) is 18.7. The van der Waals surface area contributed by atoms with Gasteiger partial charge < -0.3 is 15.3 Å². The number of aromatic nitrogens is 2. The van der Waals surface area contributed by atoms with Crippen molar-refractivity contribution in [3.63, 3.8) is 0 Å². The van der Waals surface area contributed by atoms with Gasteiger partial charge in [0.05, 0.1) is 5.52 Å². The first-order valence-corrected chi connectivity index (χ1v) is 9.57. The molecule has 8 heteroatoms. The van der Waals surface area contributed by atoms with Gasteiger partial charge in [-0.1, -0.05) is 22.4 Å². The summed E-state index contributed by atoms with van der Waals surface area (Å²) in [5.74, 6) is -0.0637. The molecule has 0 spiro atoms. The minimum absolute atomic E-state index is 0.0637. The first kappa shape index (κ1) is 18.8. The predicted molar refractivity (Wildman–Crippen MR) is 102 cm³/mol. The zero-order valence-electron chi connectivity index (χ0n) is 14.6. The highest BCUT2D eigenvalue weighted by Gasteiger charge is 2.36. The van der Waals surface area contributed by atoms with Crippen LogP contribution in [0.4, 0.5) is 0 Å². The molecular formula is C18H23BrN4O3. The van der Waals surface area contributed by atoms with E-state index in [1.165, 1.54) is 19.3 Å². The molecule has 2 unspecified atom stereocenters. The smallest absolute Gasteiger partial charge is 0.290 e. The summed E-state index contributed by atoms with van der Waals surface area (Å²) in [4.78, 5) is 23.5. The zero-order valence-corrected chi connectivity index (χ0v) is 16.2. The molecule has 0 aliphatic carbocycles. The molecule has 2 atom stereocenters. The van der Waals surface area contributed by atoms with Gasteiger partial charge in [-0.05, 0) is 50.9 Å². The SMILES string of the molecule is CN1C2CCCC1CC(NC(=O)c1n[nH]c3cc(Br)ccc13)C2.O=CO. The van der Waals surface area contributed by atoms with Gasteiger partial charge in [-0.2, -0.15) is 5.10 Å². The lowest BCUT2D eigenvalue weighted by Crippen LogP contribution is -2.55. The molecular weight excluding hydrogens is 400 g/mol. The van der Waals surface area contributed by atoms with Gasteiger partial charge in [-0.3, -0.25) is 14.7 Å². The minimum atomic E-state index is -0.250. The number of nitrogens with zero attached hydrogens (tertiary/aromatic N) is 2. The molecule has 2 aliphatic heterocycles. The number of amides is 1. The van der Waals surface area contributed by atoms with E-state index >= 15 is 0 Å². The number of carbonyl (C=O) groups excluding carboxylic acids is 1. The van der Waals surface area contributed by atoms with Gasteiger partial charge in [-0.25, -0.2) is 0 Å². The Morgan fingerprint density at radius 2 is 2.04 bits per heavy atom. The van der Waals surface area contributed by atoms with Crippen molar-refractivity contribution in [1.82, 2.24) is 20.4 Å². The molecule has 3 heterocycles. The Bertz CT molecular complexity index is 780. The van der Waals surface area contributed by atoms with Crippen molar-refractivity contribution in [3.8, 4) is 0 Å². The Morgan fingerprint density at radius 1 is 1.38 bits per heavy atom. The number of carbonyl (C=O) groups is 2. The fourth-order valence-corrected chi connectivity index (χ4v) is 4.51. The maximum atomic E-state index is 12.7. The number of H-pyrrole nitrogens is 1. The third kappa shape index (κ3) is 3.91. The van der Waals surface area contributed by atoms with Crippen LogP contribution in [0.15, 0.2) is 22.7 Å². The van der Waals surface area contributed by atoms with E-state index < -0.39 is 0 Å². The Labute approximate surface area is 160 Å². The van der Waals surface area contributed by atoms with E-state index in [0.717, 1.165) is 28.2 Å². The molecule has 2 saturated heterocycles. The van der Waals surface area contributed by atoms with Crippen molar-refractivity contribution in [2.75, 3.05) is 7.05 Å². The van der Waals surface area contributed by atoms with E-state index in [2.05, 4.69) is 43.4 Å². The van der Waals surface area contributed by atoms with Crippen molar-refractivity contribution in [3.05, 3.63) is 28.4 Å². The van der Waals surface area contributed by atoms with Crippen LogP contribution in [0, 0.1) is 0 Å². The lowest BCUT2D eigenvalue weighted by molar-refractivity contribution is -0.122. The molecule has 0 radical (unpaired) electrons. The van der Waals surface area contributed by atoms with Crippen molar-refractivity contribution in [2.24, 2.45) is 0 Å². The molecule has 26 heavy (non-hydrogen) atoms. The van der Waals surface area contributed by atoms with E-state index in [4.69, 9.17) is 9.90 Å². The largest absolute Gasteiger partial charge is 0.483 e. The standard InChI is InChI=1S/C17H21BrN4O.CH2O2/c1-22-12-3-2-4-13(22)9-11(8-12)19-17(23)16-14-6-5-10(18)7-15(14)20-21-16;2-1-3/h5-7,11-13H,2-4,8-9H2,1H3,(H,19,23)(H,20,21);1H,(H,2,3). The van der Waals surface area contributed by atoms with Gasteiger partial charge in [0.2, 0.25) is 0 Å². The molecule has 3 N–H and O–H groups in total. The molecule has 1 aromatic heterocycles. The van der Waals surface area contributed by atoms with Crippen LogP contribution in [-0.4, -0.2) is 57.8 Å². The second-order valence-corrected chi connectivity index (χ2v) is 7.83. The van der Waals surface area contributed by atoms with Crippen LogP contribution < -0.4 is 5.32 Å². The number of hydrogen-bond donors (Lipinski definition) is 3. The number of rotatable bonds is 2. The van der Waals surface area contributed by atoms with E-state index in [9.17, 15) is 4.79 Å². The summed E-state index contributed by atoms with van der Waals surface area (Å²) >= 11 is 3.44. The summed E-state index contributed by atoms with van der Waals surface area (Å²) in [7, 11) is 2.23. The molecule has 0 saturated carbocycles. The van der Waals surface area contributed by atoms with Gasteiger partial charge >= 0.3 is 0 Å². The molecule has 2 aromatic rings. The van der Waals surface area contributed by atoms with Crippen LogP contribution in [-0.2, 0) is 4.79 Å². The Morgan fingerprint density at radius 3 is 2.69 bits per heavy atom. The summed E-state index contributed by atoms with van der Waals surface area (Å²) < 4.78 is 0.976. The molecule has 7 nitrogen and oxygen atoms in total. The van der Waals surface area contributed by atoms with Gasteiger partial charge in [0.1, 0.15) is 0 Å². The van der Waals surface area contributed by atoms with Crippen LogP contribution in [0.2, 0.25) is 0 Å². The summed E-state index contributed by atoms with van der Waals surface area (Å²) in [5, 5.41) is 18.1. The number of benzene rings is 1. The fourth-order valence-electron chi connectivity index (χ4n) is 4.15. The molecule has 1 aromatic carbocycles. The number of piperidine rings is 2. The lowest BCUT2D eigenvalue weighted by atomic mass is 9.82. The first-order chi connectivity index (χ1) is 12.5. The lowest BCUT2D eigenvalue weighted by Gasteiger charge is -2.47. The average Bonchev–Trinajstić information content (AvgIpc) is 2.99. The van der Waals surface area contributed by atoms with Crippen molar-refractivity contribution in [1.29, 1.82) is 0 Å². The quantitative estimate of drug-likeness (QED) is 0.646. The first-order valence-electron chi connectivity index (χ1n) is 8.77. The Hall–Kier alpha value is -1.93. The van der Waals surface area contributed by atoms with Crippen molar-refractivity contribution >= 4 is 39.2 Å². The Kier molecular flexibility index (Phi) is 5.93. The van der Waals surface area contributed by atoms with Gasteiger partial charge in [0, 0.05) is 28.0 Å². The number of aromatic amines is 1. The second-order valence-electron chi connectivity index (χ2n) is 6.91. The number of fused-ring (bicyclic) bond motifs is 3. The second kappa shape index (κ2) is 8.18. The van der Waals surface area contributed by atoms with Crippen molar-refractivity contribution in [2.45, 2.75) is 50.2 Å². The highest BCUT2D eigenvalue weighted by atomic mass is 79.9. The van der Waals surface area contributed by atoms with E-state index in [0.29, 0.717) is 17.8 Å². The number of halogens is 1. The third-order valence-electron chi connectivity index (χ3n) is 5.42. The van der Waals surface area contributed by atoms with Crippen LogP contribution in [0.3, 0.4) is 0 Å². The van der Waals surface area contributed by atoms with Crippen LogP contribution in [0.25, 0.3) is 10.9 Å². The fraction of sp³-hybridized carbons (Fsp3) is 0.500. The highest BCUT2D eigenvalue weighted by molar-refractivity contribution is 9.10. The average molecular weight is 423 g/mol. The van der Waals surface area contributed by atoms with Crippen LogP contribution in [0.1, 0.15) is 42.6 Å². The topological polar surface area (TPSA) is 98.3 Å². The van der Waals surface area contributed by atoms with Crippen molar-refractivity contribution < 1.29 is 14.7 Å². The molecule has 1 amide bonds. The summed E-state index contributed by atoms with van der Waals surface area (Å²) in [6.07, 6.45) is 5.91. The molecule has 140 valence electrons. The van der Waals surface area contributed by atoms with Gasteiger partial charge in [0.25, 0.3) is 12.4 Å². The molecule has 2 bridgehead atoms. The highest BCUT2D eigenvalue weighted by Crippen LogP contribution is 2.32. The molecule has 4 rings (SSSR count). The third-order valence-corrected chi connectivity index (χ3v) is 5.91. The van der Waals surface area contributed by atoms with Crippen LogP contribution in [0.5, 0.6) is 0 Å². The van der Waals surface area contributed by atoms with Crippen LogP contribution >= 0.6 is 15.9 Å². The number of carboxylic acid groups (broad SMARTS) is 1. The maximum Gasteiger partial charge on any atom is 0.290 e. The van der Waals surface area contributed by atoms with E-state index in [-0.39, 0.29) is 18.4 Å². The predicted octanol–water partition coefficient (Wildman–Crippen LogP) is 2.77. The van der Waals surface area contributed by atoms with E-state index in [1.807, 2.05) is 18.2 Å². The monoisotopic (exact) mass is 422 g/mol. The minimum Gasteiger partial charge on any atom is -0.483 e. The summed E-state index contributed by atoms with van der Waals surface area (Å²) in [6, 6.07) is 7.30.